The normalized spacial score (nSPS) is 15.0. The molecule has 120 valence electrons. The van der Waals surface area contributed by atoms with Gasteiger partial charge in [-0.3, -0.25) is 9.59 Å². The number of hydrogen-bond donors (Lipinski definition) is 2. The van der Waals surface area contributed by atoms with E-state index < -0.39 is 0 Å². The standard InChI is InChI=1S/C15H20ClN3O3/c16-12-2-4-13(5-3-12)22-11-14(20)18-10-15(21)19-8-1-6-17-7-9-19/h2-5,17H,1,6-11H2,(H,18,20). The summed E-state index contributed by atoms with van der Waals surface area (Å²) in [6.45, 7) is 2.99. The quantitative estimate of drug-likeness (QED) is 0.834. The average molecular weight is 326 g/mol. The molecule has 0 radical (unpaired) electrons. The van der Waals surface area contributed by atoms with Crippen molar-refractivity contribution >= 4 is 23.4 Å². The lowest BCUT2D eigenvalue weighted by molar-refractivity contribution is -0.133. The molecule has 1 aliphatic rings. The highest BCUT2D eigenvalue weighted by atomic mass is 35.5. The van der Waals surface area contributed by atoms with Gasteiger partial charge < -0.3 is 20.3 Å². The van der Waals surface area contributed by atoms with Crippen LogP contribution in [0.3, 0.4) is 0 Å². The van der Waals surface area contributed by atoms with Gasteiger partial charge in [-0.25, -0.2) is 0 Å². The summed E-state index contributed by atoms with van der Waals surface area (Å²) in [5.41, 5.74) is 0. The molecule has 1 aliphatic heterocycles. The maximum atomic E-state index is 12.0. The van der Waals surface area contributed by atoms with Crippen LogP contribution in [-0.4, -0.2) is 56.0 Å². The number of carbonyl (C=O) groups excluding carboxylic acids is 2. The predicted molar refractivity (Wildman–Crippen MR) is 84.0 cm³/mol. The molecule has 7 heteroatoms. The second-order valence-corrected chi connectivity index (χ2v) is 5.44. The third-order valence-corrected chi connectivity index (χ3v) is 3.57. The number of amides is 2. The number of hydrogen-bond acceptors (Lipinski definition) is 4. The Balaban J connectivity index is 1.68. The Labute approximate surface area is 134 Å². The van der Waals surface area contributed by atoms with Gasteiger partial charge >= 0.3 is 0 Å². The van der Waals surface area contributed by atoms with Crippen LogP contribution < -0.4 is 15.4 Å². The van der Waals surface area contributed by atoms with Crippen LogP contribution in [0, 0.1) is 0 Å². The molecule has 0 unspecified atom stereocenters. The molecule has 0 spiro atoms. The number of carbonyl (C=O) groups is 2. The number of nitrogens with zero attached hydrogens (tertiary/aromatic N) is 1. The maximum absolute atomic E-state index is 12.0. The molecule has 2 amide bonds. The van der Waals surface area contributed by atoms with Gasteiger partial charge in [-0.15, -0.1) is 0 Å². The fourth-order valence-corrected chi connectivity index (χ4v) is 2.24. The molecule has 0 aromatic heterocycles. The summed E-state index contributed by atoms with van der Waals surface area (Å²) >= 11 is 5.76. The van der Waals surface area contributed by atoms with E-state index in [0.717, 1.165) is 26.1 Å². The fourth-order valence-electron chi connectivity index (χ4n) is 2.11. The molecule has 0 aliphatic carbocycles. The number of ether oxygens (including phenoxy) is 1. The predicted octanol–water partition coefficient (Wildman–Crippen LogP) is 0.657. The van der Waals surface area contributed by atoms with Gasteiger partial charge in [0.25, 0.3) is 5.91 Å². The van der Waals surface area contributed by atoms with E-state index in [4.69, 9.17) is 16.3 Å². The van der Waals surface area contributed by atoms with E-state index in [2.05, 4.69) is 10.6 Å². The first-order chi connectivity index (χ1) is 10.6. The van der Waals surface area contributed by atoms with E-state index in [1.54, 1.807) is 29.2 Å². The van der Waals surface area contributed by atoms with Gasteiger partial charge in [-0.05, 0) is 37.2 Å². The minimum Gasteiger partial charge on any atom is -0.484 e. The van der Waals surface area contributed by atoms with Crippen LogP contribution in [0.2, 0.25) is 5.02 Å². The molecule has 0 bridgehead atoms. The van der Waals surface area contributed by atoms with Crippen molar-refractivity contribution in [3.05, 3.63) is 29.3 Å². The lowest BCUT2D eigenvalue weighted by atomic mass is 10.3. The van der Waals surface area contributed by atoms with Gasteiger partial charge in [0, 0.05) is 24.7 Å². The Kier molecular flexibility index (Phi) is 6.48. The van der Waals surface area contributed by atoms with Crippen molar-refractivity contribution in [2.45, 2.75) is 6.42 Å². The smallest absolute Gasteiger partial charge is 0.258 e. The van der Waals surface area contributed by atoms with Gasteiger partial charge in [0.1, 0.15) is 5.75 Å². The molecule has 2 rings (SSSR count). The molecule has 1 aromatic rings. The molecule has 1 heterocycles. The molecule has 22 heavy (non-hydrogen) atoms. The van der Waals surface area contributed by atoms with Crippen molar-refractivity contribution in [2.75, 3.05) is 39.3 Å². The van der Waals surface area contributed by atoms with Crippen LogP contribution in [0.15, 0.2) is 24.3 Å². The lowest BCUT2D eigenvalue weighted by Gasteiger charge is -2.20. The minimum atomic E-state index is -0.323. The number of halogens is 1. The Morgan fingerprint density at radius 3 is 2.77 bits per heavy atom. The lowest BCUT2D eigenvalue weighted by Crippen LogP contribution is -2.42. The molecule has 1 aromatic carbocycles. The Morgan fingerprint density at radius 1 is 1.23 bits per heavy atom. The molecule has 0 saturated carbocycles. The van der Waals surface area contributed by atoms with Crippen LogP contribution in [-0.2, 0) is 9.59 Å². The van der Waals surface area contributed by atoms with E-state index in [0.29, 0.717) is 17.3 Å². The number of rotatable bonds is 5. The van der Waals surface area contributed by atoms with Crippen molar-refractivity contribution < 1.29 is 14.3 Å². The second-order valence-electron chi connectivity index (χ2n) is 5.00. The molecule has 6 nitrogen and oxygen atoms in total. The van der Waals surface area contributed by atoms with Crippen molar-refractivity contribution in [2.24, 2.45) is 0 Å². The Bertz CT molecular complexity index is 499. The van der Waals surface area contributed by atoms with E-state index in [1.807, 2.05) is 0 Å². The fraction of sp³-hybridized carbons (Fsp3) is 0.467. The van der Waals surface area contributed by atoms with Crippen LogP contribution >= 0.6 is 11.6 Å². The Morgan fingerprint density at radius 2 is 2.00 bits per heavy atom. The molecular formula is C15H20ClN3O3. The maximum Gasteiger partial charge on any atom is 0.258 e. The first-order valence-corrected chi connectivity index (χ1v) is 7.66. The molecule has 1 fully saturated rings. The van der Waals surface area contributed by atoms with Gasteiger partial charge in [0.2, 0.25) is 5.91 Å². The molecule has 1 saturated heterocycles. The summed E-state index contributed by atoms with van der Waals surface area (Å²) in [6, 6.07) is 6.74. The SMILES string of the molecule is O=C(COc1ccc(Cl)cc1)NCC(=O)N1CCCNCC1. The van der Waals surface area contributed by atoms with Gasteiger partial charge in [-0.1, -0.05) is 11.6 Å². The van der Waals surface area contributed by atoms with Gasteiger partial charge in [0.05, 0.1) is 6.54 Å². The molecular weight excluding hydrogens is 306 g/mol. The van der Waals surface area contributed by atoms with E-state index >= 15 is 0 Å². The first-order valence-electron chi connectivity index (χ1n) is 7.29. The third-order valence-electron chi connectivity index (χ3n) is 3.31. The molecule has 2 N–H and O–H groups in total. The zero-order chi connectivity index (χ0) is 15.8. The van der Waals surface area contributed by atoms with Crippen LogP contribution in [0.25, 0.3) is 0 Å². The van der Waals surface area contributed by atoms with Crippen LogP contribution in [0.1, 0.15) is 6.42 Å². The minimum absolute atomic E-state index is 0.00279. The van der Waals surface area contributed by atoms with Crippen molar-refractivity contribution in [1.82, 2.24) is 15.5 Å². The zero-order valence-electron chi connectivity index (χ0n) is 12.3. The summed E-state index contributed by atoms with van der Waals surface area (Å²) < 4.78 is 5.31. The Hall–Kier alpha value is -1.79. The van der Waals surface area contributed by atoms with E-state index in [9.17, 15) is 9.59 Å². The van der Waals surface area contributed by atoms with Gasteiger partial charge in [0.15, 0.2) is 6.61 Å². The first kappa shape index (κ1) is 16.6. The monoisotopic (exact) mass is 325 g/mol. The largest absolute Gasteiger partial charge is 0.484 e. The van der Waals surface area contributed by atoms with Gasteiger partial charge in [-0.2, -0.15) is 0 Å². The topological polar surface area (TPSA) is 70.7 Å². The highest BCUT2D eigenvalue weighted by Gasteiger charge is 2.15. The van der Waals surface area contributed by atoms with E-state index in [1.165, 1.54) is 0 Å². The second kappa shape index (κ2) is 8.60. The summed E-state index contributed by atoms with van der Waals surface area (Å²) in [5.74, 6) is 0.171. The van der Waals surface area contributed by atoms with Crippen molar-refractivity contribution in [3.63, 3.8) is 0 Å². The summed E-state index contributed by atoms with van der Waals surface area (Å²) in [4.78, 5) is 25.5. The van der Waals surface area contributed by atoms with Crippen molar-refractivity contribution in [3.8, 4) is 5.75 Å². The molecule has 0 atom stereocenters. The number of nitrogens with one attached hydrogen (secondary N) is 2. The summed E-state index contributed by atoms with van der Waals surface area (Å²) in [7, 11) is 0. The number of benzene rings is 1. The third kappa shape index (κ3) is 5.54. The summed E-state index contributed by atoms with van der Waals surface area (Å²) in [5, 5.41) is 6.41. The van der Waals surface area contributed by atoms with Crippen LogP contribution in [0.5, 0.6) is 5.75 Å². The highest BCUT2D eigenvalue weighted by Crippen LogP contribution is 2.15. The van der Waals surface area contributed by atoms with Crippen LogP contribution in [0.4, 0.5) is 0 Å². The van der Waals surface area contributed by atoms with E-state index in [-0.39, 0.29) is 25.0 Å². The highest BCUT2D eigenvalue weighted by molar-refractivity contribution is 6.30. The van der Waals surface area contributed by atoms with Crippen molar-refractivity contribution in [1.29, 1.82) is 0 Å². The average Bonchev–Trinajstić information content (AvgIpc) is 2.81. The zero-order valence-corrected chi connectivity index (χ0v) is 13.1. The summed E-state index contributed by atoms with van der Waals surface area (Å²) in [6.07, 6.45) is 0.930.